The Morgan fingerprint density at radius 2 is 1.75 bits per heavy atom. The van der Waals surface area contributed by atoms with Crippen LogP contribution in [0.2, 0.25) is 5.02 Å². The number of aromatic nitrogens is 1. The van der Waals surface area contributed by atoms with Gasteiger partial charge in [-0.05, 0) is 60.5 Å². The molecule has 0 saturated carbocycles. The van der Waals surface area contributed by atoms with E-state index < -0.39 is 5.97 Å². The van der Waals surface area contributed by atoms with E-state index in [1.807, 2.05) is 49.4 Å². The van der Waals surface area contributed by atoms with Crippen LogP contribution in [0.4, 0.5) is 0 Å². The van der Waals surface area contributed by atoms with Gasteiger partial charge in [-0.3, -0.25) is 4.98 Å². The van der Waals surface area contributed by atoms with Crippen molar-refractivity contribution in [1.29, 1.82) is 0 Å². The van der Waals surface area contributed by atoms with Crippen LogP contribution in [0.3, 0.4) is 0 Å². The zero-order valence-electron chi connectivity index (χ0n) is 15.4. The topological polar surface area (TPSA) is 57.7 Å². The summed E-state index contributed by atoms with van der Waals surface area (Å²) in [5.41, 5.74) is 2.61. The molecule has 0 saturated heterocycles. The standard InChI is InChI=1S/C22H20ClNO4/c1-16-12-20(9-10-21(16)23)27-15-22(25)28-13-17-5-7-19(8-6-17)26-14-18-4-2-3-11-24-18/h2-12H,13-15H2,1H3. The molecule has 0 atom stereocenters. The van der Waals surface area contributed by atoms with Crippen molar-refractivity contribution in [2.75, 3.05) is 6.61 Å². The first kappa shape index (κ1) is 19.7. The summed E-state index contributed by atoms with van der Waals surface area (Å²) in [6.45, 7) is 2.28. The van der Waals surface area contributed by atoms with Crippen LogP contribution in [0, 0.1) is 6.92 Å². The first-order valence-electron chi connectivity index (χ1n) is 8.76. The lowest BCUT2D eigenvalue weighted by molar-refractivity contribution is -0.147. The predicted molar refractivity (Wildman–Crippen MR) is 106 cm³/mol. The van der Waals surface area contributed by atoms with Crippen LogP contribution in [0.1, 0.15) is 16.8 Å². The molecule has 0 aliphatic rings. The van der Waals surface area contributed by atoms with Gasteiger partial charge in [0.1, 0.15) is 24.7 Å². The minimum atomic E-state index is -0.442. The van der Waals surface area contributed by atoms with E-state index in [-0.39, 0.29) is 13.2 Å². The number of aryl methyl sites for hydroxylation is 1. The highest BCUT2D eigenvalue weighted by Crippen LogP contribution is 2.21. The second-order valence-corrected chi connectivity index (χ2v) is 6.52. The number of hydrogen-bond donors (Lipinski definition) is 0. The van der Waals surface area contributed by atoms with E-state index >= 15 is 0 Å². The predicted octanol–water partition coefficient (Wildman–Crippen LogP) is 4.74. The third kappa shape index (κ3) is 5.99. The Morgan fingerprint density at radius 1 is 0.964 bits per heavy atom. The van der Waals surface area contributed by atoms with Crippen LogP contribution in [-0.4, -0.2) is 17.6 Å². The maximum absolute atomic E-state index is 11.9. The number of esters is 1. The molecule has 0 aliphatic carbocycles. The van der Waals surface area contributed by atoms with Crippen LogP contribution < -0.4 is 9.47 Å². The van der Waals surface area contributed by atoms with Gasteiger partial charge >= 0.3 is 5.97 Å². The third-order valence-corrected chi connectivity index (χ3v) is 4.35. The molecule has 3 aromatic rings. The Hall–Kier alpha value is -3.05. The van der Waals surface area contributed by atoms with Gasteiger partial charge < -0.3 is 14.2 Å². The summed E-state index contributed by atoms with van der Waals surface area (Å²) in [5, 5.41) is 0.655. The van der Waals surface area contributed by atoms with Crippen molar-refractivity contribution in [2.24, 2.45) is 0 Å². The molecule has 5 nitrogen and oxygen atoms in total. The maximum Gasteiger partial charge on any atom is 0.344 e. The summed E-state index contributed by atoms with van der Waals surface area (Å²) >= 11 is 5.96. The van der Waals surface area contributed by atoms with Gasteiger partial charge in [-0.1, -0.05) is 29.8 Å². The molecule has 28 heavy (non-hydrogen) atoms. The van der Waals surface area contributed by atoms with Crippen molar-refractivity contribution in [3.8, 4) is 11.5 Å². The summed E-state index contributed by atoms with van der Waals surface area (Å²) in [7, 11) is 0. The SMILES string of the molecule is Cc1cc(OCC(=O)OCc2ccc(OCc3ccccn3)cc2)ccc1Cl. The van der Waals surface area contributed by atoms with Gasteiger partial charge in [0.15, 0.2) is 6.61 Å². The molecule has 0 bridgehead atoms. The molecule has 0 radical (unpaired) electrons. The van der Waals surface area contributed by atoms with Crippen molar-refractivity contribution >= 4 is 17.6 Å². The molecule has 1 aromatic heterocycles. The summed E-state index contributed by atoms with van der Waals surface area (Å²) in [4.78, 5) is 16.1. The Morgan fingerprint density at radius 3 is 2.46 bits per heavy atom. The average molecular weight is 398 g/mol. The highest BCUT2D eigenvalue weighted by molar-refractivity contribution is 6.31. The molecule has 0 fully saturated rings. The zero-order chi connectivity index (χ0) is 19.8. The van der Waals surface area contributed by atoms with Crippen molar-refractivity contribution in [3.63, 3.8) is 0 Å². The largest absolute Gasteiger partial charge is 0.487 e. The molecular formula is C22H20ClNO4. The lowest BCUT2D eigenvalue weighted by atomic mass is 10.2. The molecule has 3 rings (SSSR count). The summed E-state index contributed by atoms with van der Waals surface area (Å²) in [6, 6.07) is 18.3. The number of nitrogens with zero attached hydrogens (tertiary/aromatic N) is 1. The Balaban J connectivity index is 1.41. The van der Waals surface area contributed by atoms with Crippen molar-refractivity contribution < 1.29 is 19.0 Å². The quantitative estimate of drug-likeness (QED) is 0.513. The molecule has 0 unspecified atom stereocenters. The fraction of sp³-hybridized carbons (Fsp3) is 0.182. The fourth-order valence-corrected chi connectivity index (χ4v) is 2.49. The molecule has 1 heterocycles. The molecule has 0 aliphatic heterocycles. The van der Waals surface area contributed by atoms with Crippen LogP contribution in [0.5, 0.6) is 11.5 Å². The maximum atomic E-state index is 11.9. The molecule has 0 amide bonds. The smallest absolute Gasteiger partial charge is 0.344 e. The van der Waals surface area contributed by atoms with Crippen LogP contribution in [0.25, 0.3) is 0 Å². The van der Waals surface area contributed by atoms with Gasteiger partial charge in [0.25, 0.3) is 0 Å². The van der Waals surface area contributed by atoms with Gasteiger partial charge in [0.05, 0.1) is 5.69 Å². The van der Waals surface area contributed by atoms with Gasteiger partial charge in [-0.25, -0.2) is 4.79 Å². The van der Waals surface area contributed by atoms with E-state index in [2.05, 4.69) is 4.98 Å². The van der Waals surface area contributed by atoms with Crippen molar-refractivity contribution in [3.05, 3.63) is 88.7 Å². The Bertz CT molecular complexity index is 914. The number of carbonyl (C=O) groups excluding carboxylic acids is 1. The minimum Gasteiger partial charge on any atom is -0.487 e. The lowest BCUT2D eigenvalue weighted by Crippen LogP contribution is -2.14. The molecule has 6 heteroatoms. The zero-order valence-corrected chi connectivity index (χ0v) is 16.2. The van der Waals surface area contributed by atoms with Gasteiger partial charge in [-0.15, -0.1) is 0 Å². The number of pyridine rings is 1. The Labute approximate surface area is 168 Å². The number of ether oxygens (including phenoxy) is 3. The first-order valence-corrected chi connectivity index (χ1v) is 9.14. The second-order valence-electron chi connectivity index (χ2n) is 6.11. The third-order valence-electron chi connectivity index (χ3n) is 3.92. The molecule has 144 valence electrons. The van der Waals surface area contributed by atoms with E-state index in [1.54, 1.807) is 24.4 Å². The fourth-order valence-electron chi connectivity index (χ4n) is 2.38. The van der Waals surface area contributed by atoms with E-state index in [0.717, 1.165) is 22.6 Å². The van der Waals surface area contributed by atoms with E-state index in [0.29, 0.717) is 17.4 Å². The normalized spacial score (nSPS) is 10.4. The van der Waals surface area contributed by atoms with E-state index in [1.165, 1.54) is 0 Å². The summed E-state index contributed by atoms with van der Waals surface area (Å²) in [6.07, 6.45) is 1.73. The number of benzene rings is 2. The summed E-state index contributed by atoms with van der Waals surface area (Å²) in [5.74, 6) is 0.860. The average Bonchev–Trinajstić information content (AvgIpc) is 2.73. The number of hydrogen-bond acceptors (Lipinski definition) is 5. The number of halogens is 1. The van der Waals surface area contributed by atoms with Crippen LogP contribution in [-0.2, 0) is 22.7 Å². The molecule has 2 aromatic carbocycles. The van der Waals surface area contributed by atoms with E-state index in [4.69, 9.17) is 25.8 Å². The number of rotatable bonds is 8. The molecule has 0 spiro atoms. The number of carbonyl (C=O) groups is 1. The minimum absolute atomic E-state index is 0.160. The monoisotopic (exact) mass is 397 g/mol. The van der Waals surface area contributed by atoms with E-state index in [9.17, 15) is 4.79 Å². The lowest BCUT2D eigenvalue weighted by Gasteiger charge is -2.09. The highest BCUT2D eigenvalue weighted by Gasteiger charge is 2.06. The Kier molecular flexibility index (Phi) is 6.87. The van der Waals surface area contributed by atoms with Gasteiger partial charge in [-0.2, -0.15) is 0 Å². The van der Waals surface area contributed by atoms with Gasteiger partial charge in [0, 0.05) is 11.2 Å². The van der Waals surface area contributed by atoms with Crippen LogP contribution >= 0.6 is 11.6 Å². The van der Waals surface area contributed by atoms with Gasteiger partial charge in [0.2, 0.25) is 0 Å². The second kappa shape index (κ2) is 9.76. The molecular weight excluding hydrogens is 378 g/mol. The summed E-state index contributed by atoms with van der Waals surface area (Å²) < 4.78 is 16.3. The first-order chi connectivity index (χ1) is 13.6. The van der Waals surface area contributed by atoms with Crippen molar-refractivity contribution in [1.82, 2.24) is 4.98 Å². The van der Waals surface area contributed by atoms with Crippen molar-refractivity contribution in [2.45, 2.75) is 20.1 Å². The highest BCUT2D eigenvalue weighted by atomic mass is 35.5. The molecule has 0 N–H and O–H groups in total. The van der Waals surface area contributed by atoms with Crippen LogP contribution in [0.15, 0.2) is 66.9 Å².